The third-order valence-electron chi connectivity index (χ3n) is 6.04. The van der Waals surface area contributed by atoms with Gasteiger partial charge in [-0.2, -0.15) is 5.10 Å². The minimum absolute atomic E-state index is 0.130. The summed E-state index contributed by atoms with van der Waals surface area (Å²) in [5.41, 5.74) is 1.30. The van der Waals surface area contributed by atoms with Gasteiger partial charge in [-0.05, 0) is 51.7 Å². The highest BCUT2D eigenvalue weighted by Crippen LogP contribution is 2.44. The maximum absolute atomic E-state index is 12.8. The molecule has 0 radical (unpaired) electrons. The summed E-state index contributed by atoms with van der Waals surface area (Å²) in [6.07, 6.45) is 3.72. The molecule has 164 valence electrons. The molecule has 1 aliphatic carbocycles. The standard InChI is InChI=1S/C23H28N4O4/c1-5-31-21-12-18-15(13-26(25-18)17-10-16(11-17)23(3,4)29)9-19(21)24-22(28)20-8-6-7-14(2)27(20)30/h6-9,12-13,16-17,29H,5,10-11H2,1-4H3,(H-,24,28,30)/p+1/t16-,17-. The van der Waals surface area contributed by atoms with Gasteiger partial charge in [0, 0.05) is 41.4 Å². The first-order chi connectivity index (χ1) is 14.7. The molecule has 1 aliphatic rings. The molecule has 2 aromatic heterocycles. The van der Waals surface area contributed by atoms with Crippen molar-refractivity contribution in [3.8, 4) is 5.75 Å². The quantitative estimate of drug-likeness (QED) is 0.416. The van der Waals surface area contributed by atoms with Crippen LogP contribution in [0.2, 0.25) is 0 Å². The van der Waals surface area contributed by atoms with Gasteiger partial charge in [0.15, 0.2) is 0 Å². The molecule has 0 unspecified atom stereocenters. The summed E-state index contributed by atoms with van der Waals surface area (Å²) in [5, 5.41) is 28.8. The highest BCUT2D eigenvalue weighted by molar-refractivity contribution is 6.04. The summed E-state index contributed by atoms with van der Waals surface area (Å²) < 4.78 is 8.55. The van der Waals surface area contributed by atoms with E-state index in [0.29, 0.717) is 23.7 Å². The van der Waals surface area contributed by atoms with Crippen molar-refractivity contribution >= 4 is 22.5 Å². The molecular weight excluding hydrogens is 396 g/mol. The molecule has 31 heavy (non-hydrogen) atoms. The molecule has 0 atom stereocenters. The van der Waals surface area contributed by atoms with Gasteiger partial charge in [0.2, 0.25) is 5.69 Å². The predicted octanol–water partition coefficient (Wildman–Crippen LogP) is 3.24. The molecule has 4 rings (SSSR count). The normalized spacial score (nSPS) is 18.6. The number of nitrogens with one attached hydrogen (secondary N) is 1. The van der Waals surface area contributed by atoms with Gasteiger partial charge < -0.3 is 15.2 Å². The summed E-state index contributed by atoms with van der Waals surface area (Å²) in [6.45, 7) is 7.73. The fraction of sp³-hybridized carbons (Fsp3) is 0.435. The lowest BCUT2D eigenvalue weighted by atomic mass is 9.71. The smallest absolute Gasteiger partial charge is 0.325 e. The van der Waals surface area contributed by atoms with Crippen molar-refractivity contribution in [2.45, 2.75) is 52.2 Å². The molecule has 1 aromatic carbocycles. The molecule has 3 aromatic rings. The number of ether oxygens (including phenoxy) is 1. The molecular formula is C23H29N4O4+. The van der Waals surface area contributed by atoms with E-state index in [0.717, 1.165) is 28.5 Å². The Morgan fingerprint density at radius 3 is 2.77 bits per heavy atom. The van der Waals surface area contributed by atoms with E-state index in [4.69, 9.17) is 9.84 Å². The van der Waals surface area contributed by atoms with Crippen molar-refractivity contribution in [3.63, 3.8) is 0 Å². The number of aryl methyl sites for hydroxylation is 1. The maximum atomic E-state index is 12.8. The average Bonchev–Trinajstić information content (AvgIpc) is 3.04. The number of amides is 1. The van der Waals surface area contributed by atoms with Crippen molar-refractivity contribution in [1.29, 1.82) is 0 Å². The van der Waals surface area contributed by atoms with E-state index in [2.05, 4.69) is 5.32 Å². The van der Waals surface area contributed by atoms with Crippen LogP contribution < -0.4 is 14.8 Å². The number of nitrogens with zero attached hydrogens (tertiary/aromatic N) is 3. The van der Waals surface area contributed by atoms with Crippen molar-refractivity contribution in [2.24, 2.45) is 5.92 Å². The fourth-order valence-electron chi connectivity index (χ4n) is 3.98. The summed E-state index contributed by atoms with van der Waals surface area (Å²) in [7, 11) is 0. The highest BCUT2D eigenvalue weighted by atomic mass is 16.5. The van der Waals surface area contributed by atoms with Crippen molar-refractivity contribution in [2.75, 3.05) is 11.9 Å². The van der Waals surface area contributed by atoms with Gasteiger partial charge in [-0.15, -0.1) is 0 Å². The number of anilines is 1. The lowest BCUT2D eigenvalue weighted by molar-refractivity contribution is -0.909. The summed E-state index contributed by atoms with van der Waals surface area (Å²) in [4.78, 5) is 12.8. The van der Waals surface area contributed by atoms with Gasteiger partial charge in [-0.1, -0.05) is 0 Å². The number of benzene rings is 1. The first-order valence-electron chi connectivity index (χ1n) is 10.6. The van der Waals surface area contributed by atoms with E-state index in [1.165, 1.54) is 0 Å². The summed E-state index contributed by atoms with van der Waals surface area (Å²) in [6, 6.07) is 8.89. The second-order valence-electron chi connectivity index (χ2n) is 8.74. The number of pyridine rings is 1. The van der Waals surface area contributed by atoms with Crippen molar-refractivity contribution in [3.05, 3.63) is 47.9 Å². The minimum atomic E-state index is -0.679. The Kier molecular flexibility index (Phi) is 5.35. The van der Waals surface area contributed by atoms with Crippen LogP contribution in [0.5, 0.6) is 5.75 Å². The Labute approximate surface area is 181 Å². The Morgan fingerprint density at radius 1 is 1.35 bits per heavy atom. The molecule has 2 heterocycles. The highest BCUT2D eigenvalue weighted by Gasteiger charge is 2.40. The second-order valence-corrected chi connectivity index (χ2v) is 8.74. The van der Waals surface area contributed by atoms with Gasteiger partial charge in [0.25, 0.3) is 0 Å². The summed E-state index contributed by atoms with van der Waals surface area (Å²) in [5.74, 6) is 0.345. The number of carbonyl (C=O) groups is 1. The average molecular weight is 426 g/mol. The molecule has 0 saturated heterocycles. The lowest BCUT2D eigenvalue weighted by Crippen LogP contribution is -2.42. The topological polar surface area (TPSA) is 100 Å². The van der Waals surface area contributed by atoms with Gasteiger partial charge in [-0.25, -0.2) is 0 Å². The van der Waals surface area contributed by atoms with Crippen molar-refractivity contribution in [1.82, 2.24) is 9.78 Å². The number of carbonyl (C=O) groups excluding carboxylic acids is 1. The Hall–Kier alpha value is -3.13. The van der Waals surface area contributed by atoms with Crippen molar-refractivity contribution < 1.29 is 24.6 Å². The van der Waals surface area contributed by atoms with Crippen LogP contribution >= 0.6 is 0 Å². The third kappa shape index (κ3) is 4.07. The van der Waals surface area contributed by atoms with Crippen LogP contribution in [0, 0.1) is 12.8 Å². The van der Waals surface area contributed by atoms with Crippen LogP contribution in [0.3, 0.4) is 0 Å². The minimum Gasteiger partial charge on any atom is -0.492 e. The number of aliphatic hydroxyl groups is 1. The van der Waals surface area contributed by atoms with Crippen LogP contribution in [-0.4, -0.2) is 38.2 Å². The zero-order valence-corrected chi connectivity index (χ0v) is 18.3. The van der Waals surface area contributed by atoms with Crippen LogP contribution in [0.15, 0.2) is 36.5 Å². The second kappa shape index (κ2) is 7.85. The van der Waals surface area contributed by atoms with Gasteiger partial charge in [-0.3, -0.25) is 14.7 Å². The molecule has 0 aliphatic heterocycles. The predicted molar refractivity (Wildman–Crippen MR) is 115 cm³/mol. The maximum Gasteiger partial charge on any atom is 0.325 e. The molecule has 1 saturated carbocycles. The first kappa shape index (κ1) is 21.1. The third-order valence-corrected chi connectivity index (χ3v) is 6.04. The van der Waals surface area contributed by atoms with E-state index < -0.39 is 11.5 Å². The molecule has 0 bridgehead atoms. The van der Waals surface area contributed by atoms with E-state index in [9.17, 15) is 15.1 Å². The lowest BCUT2D eigenvalue weighted by Gasteiger charge is -2.42. The molecule has 8 nitrogen and oxygen atoms in total. The van der Waals surface area contributed by atoms with Crippen LogP contribution in [0.1, 0.15) is 55.8 Å². The number of hydrogen-bond donors (Lipinski definition) is 3. The first-order valence-corrected chi connectivity index (χ1v) is 10.6. The molecule has 1 fully saturated rings. The van der Waals surface area contributed by atoms with Crippen LogP contribution in [0.25, 0.3) is 10.9 Å². The molecule has 3 N–H and O–H groups in total. The monoisotopic (exact) mass is 425 g/mol. The summed E-state index contributed by atoms with van der Waals surface area (Å²) >= 11 is 0. The van der Waals surface area contributed by atoms with Gasteiger partial charge in [0.1, 0.15) is 5.75 Å². The molecule has 1 amide bonds. The molecule has 0 spiro atoms. The van der Waals surface area contributed by atoms with E-state index in [-0.39, 0.29) is 17.7 Å². The fourth-order valence-corrected chi connectivity index (χ4v) is 3.98. The zero-order valence-electron chi connectivity index (χ0n) is 18.3. The SMILES string of the molecule is CCOc1cc2nn([C@H]3C[C@H](C(C)(C)O)C3)cc2cc1NC(=O)c1cccc(C)[n+]1O. The van der Waals surface area contributed by atoms with E-state index >= 15 is 0 Å². The van der Waals surface area contributed by atoms with Crippen LogP contribution in [0.4, 0.5) is 5.69 Å². The van der Waals surface area contributed by atoms with E-state index in [1.54, 1.807) is 25.1 Å². The largest absolute Gasteiger partial charge is 0.492 e. The number of fused-ring (bicyclic) bond motifs is 1. The number of rotatable bonds is 6. The Bertz CT molecular complexity index is 1130. The number of hydrogen-bond acceptors (Lipinski definition) is 5. The Balaban J connectivity index is 1.61. The van der Waals surface area contributed by atoms with Gasteiger partial charge in [0.05, 0.1) is 29.5 Å². The molecule has 8 heteroatoms. The van der Waals surface area contributed by atoms with Crippen LogP contribution in [-0.2, 0) is 0 Å². The number of aromatic nitrogens is 3. The van der Waals surface area contributed by atoms with E-state index in [1.807, 2.05) is 43.8 Å². The zero-order chi connectivity index (χ0) is 22.3. The Morgan fingerprint density at radius 2 is 2.10 bits per heavy atom. The van der Waals surface area contributed by atoms with Gasteiger partial charge >= 0.3 is 11.6 Å².